The molecular formula is C24H26F3NO3. The van der Waals surface area contributed by atoms with Crippen molar-refractivity contribution in [3.63, 3.8) is 0 Å². The molecule has 0 spiro atoms. The predicted molar refractivity (Wildman–Crippen MR) is 111 cm³/mol. The van der Waals surface area contributed by atoms with Gasteiger partial charge in [0, 0.05) is 5.56 Å². The summed E-state index contributed by atoms with van der Waals surface area (Å²) in [5, 5.41) is 13.4. The topological polar surface area (TPSA) is 58.6 Å². The van der Waals surface area contributed by atoms with Crippen LogP contribution in [0.25, 0.3) is 11.1 Å². The number of fused-ring (bicyclic) bond motifs is 3. The third kappa shape index (κ3) is 3.34. The molecule has 1 aliphatic carbocycles. The average Bonchev–Trinajstić information content (AvgIpc) is 3.10. The number of hydrogen-bond acceptors (Lipinski definition) is 3. The third-order valence-electron chi connectivity index (χ3n) is 6.50. The van der Waals surface area contributed by atoms with Gasteiger partial charge >= 0.3 is 6.18 Å². The molecule has 7 heteroatoms. The Kier molecular flexibility index (Phi) is 4.79. The van der Waals surface area contributed by atoms with Crippen molar-refractivity contribution in [1.82, 2.24) is 5.32 Å². The number of amides is 1. The Balaban J connectivity index is 1.84. The average molecular weight is 433 g/mol. The van der Waals surface area contributed by atoms with E-state index in [9.17, 15) is 23.1 Å². The minimum Gasteiger partial charge on any atom is -0.506 e. The summed E-state index contributed by atoms with van der Waals surface area (Å²) in [5.74, 6) is -0.873. The van der Waals surface area contributed by atoms with Crippen molar-refractivity contribution in [3.8, 4) is 22.6 Å². The number of rotatable bonds is 2. The van der Waals surface area contributed by atoms with Crippen LogP contribution in [0.1, 0.15) is 66.6 Å². The Morgan fingerprint density at radius 3 is 2.39 bits per heavy atom. The lowest BCUT2D eigenvalue weighted by atomic mass is 9.83. The lowest BCUT2D eigenvalue weighted by molar-refractivity contribution is -0.191. The first-order chi connectivity index (χ1) is 14.4. The standard InChI is InChI=1S/C24H26F3NO3/c1-13-7-8-16-15(11-13)19-17(31-22(16,3)4)12-14(2)18(20(19)29)21(30)28-23(24(25,26)27)9-5-6-10-23/h7-8,11-12,29H,5-6,9-10H2,1-4H3,(H,28,30). The second kappa shape index (κ2) is 6.90. The Bertz CT molecular complexity index is 1070. The molecule has 1 amide bonds. The minimum atomic E-state index is -4.56. The summed E-state index contributed by atoms with van der Waals surface area (Å²) in [5.41, 5.74) is 0.120. The maximum atomic E-state index is 13.8. The van der Waals surface area contributed by atoms with E-state index >= 15 is 0 Å². The Morgan fingerprint density at radius 1 is 1.13 bits per heavy atom. The molecule has 2 N–H and O–H groups in total. The largest absolute Gasteiger partial charge is 0.506 e. The Hall–Kier alpha value is -2.70. The normalized spacial score (nSPS) is 18.7. The van der Waals surface area contributed by atoms with Crippen molar-refractivity contribution in [2.75, 3.05) is 0 Å². The number of phenolic OH excluding ortho intramolecular Hbond substituents is 1. The molecule has 1 fully saturated rings. The maximum Gasteiger partial charge on any atom is 0.411 e. The molecular weight excluding hydrogens is 407 g/mol. The van der Waals surface area contributed by atoms with E-state index in [1.165, 1.54) is 0 Å². The van der Waals surface area contributed by atoms with E-state index in [0.29, 0.717) is 35.3 Å². The number of ether oxygens (including phenoxy) is 1. The highest BCUT2D eigenvalue weighted by molar-refractivity contribution is 6.02. The number of phenols is 1. The highest BCUT2D eigenvalue weighted by Gasteiger charge is 2.57. The molecule has 4 nitrogen and oxygen atoms in total. The van der Waals surface area contributed by atoms with Crippen LogP contribution in [0, 0.1) is 13.8 Å². The molecule has 2 aromatic rings. The van der Waals surface area contributed by atoms with Crippen molar-refractivity contribution in [3.05, 3.63) is 46.5 Å². The molecule has 1 heterocycles. The van der Waals surface area contributed by atoms with E-state index in [0.717, 1.165) is 11.1 Å². The summed E-state index contributed by atoms with van der Waals surface area (Å²) in [6, 6.07) is 7.35. The molecule has 4 rings (SSSR count). The van der Waals surface area contributed by atoms with Gasteiger partial charge in [-0.25, -0.2) is 0 Å². The minimum absolute atomic E-state index is 0.148. The van der Waals surface area contributed by atoms with Crippen LogP contribution in [0.3, 0.4) is 0 Å². The van der Waals surface area contributed by atoms with Gasteiger partial charge in [0.2, 0.25) is 0 Å². The number of alkyl halides is 3. The first kappa shape index (κ1) is 21.5. The summed E-state index contributed by atoms with van der Waals surface area (Å²) in [6.45, 7) is 7.31. The van der Waals surface area contributed by atoms with E-state index < -0.39 is 23.2 Å². The van der Waals surface area contributed by atoms with Gasteiger partial charge in [0.25, 0.3) is 5.91 Å². The number of hydrogen-bond donors (Lipinski definition) is 2. The van der Waals surface area contributed by atoms with E-state index in [4.69, 9.17) is 4.74 Å². The van der Waals surface area contributed by atoms with Gasteiger partial charge in [-0.3, -0.25) is 4.79 Å². The lowest BCUT2D eigenvalue weighted by Crippen LogP contribution is -2.57. The zero-order valence-electron chi connectivity index (χ0n) is 18.0. The second-order valence-corrected chi connectivity index (χ2v) is 9.19. The molecule has 0 atom stereocenters. The van der Waals surface area contributed by atoms with E-state index in [1.807, 2.05) is 39.0 Å². The molecule has 0 bridgehead atoms. The van der Waals surface area contributed by atoms with Crippen LogP contribution in [-0.2, 0) is 5.60 Å². The molecule has 2 aromatic carbocycles. The Morgan fingerprint density at radius 2 is 1.77 bits per heavy atom. The third-order valence-corrected chi connectivity index (χ3v) is 6.50. The molecule has 31 heavy (non-hydrogen) atoms. The van der Waals surface area contributed by atoms with Crippen molar-refractivity contribution in [1.29, 1.82) is 0 Å². The monoisotopic (exact) mass is 433 g/mol. The highest BCUT2D eigenvalue weighted by atomic mass is 19.4. The van der Waals surface area contributed by atoms with Gasteiger partial charge in [-0.2, -0.15) is 13.2 Å². The quantitative estimate of drug-likeness (QED) is 0.619. The van der Waals surface area contributed by atoms with Gasteiger partial charge in [0.15, 0.2) is 0 Å². The highest BCUT2D eigenvalue weighted by Crippen LogP contribution is 2.51. The summed E-state index contributed by atoms with van der Waals surface area (Å²) in [7, 11) is 0. The molecule has 0 saturated heterocycles. The van der Waals surface area contributed by atoms with E-state index in [-0.39, 0.29) is 24.2 Å². The number of carbonyl (C=O) groups is 1. The van der Waals surface area contributed by atoms with Crippen LogP contribution < -0.4 is 10.1 Å². The summed E-state index contributed by atoms with van der Waals surface area (Å²) < 4.78 is 47.5. The van der Waals surface area contributed by atoms with Crippen LogP contribution in [0.4, 0.5) is 13.2 Å². The van der Waals surface area contributed by atoms with Gasteiger partial charge in [-0.1, -0.05) is 36.6 Å². The van der Waals surface area contributed by atoms with Gasteiger partial charge in [-0.05, 0) is 57.7 Å². The SMILES string of the molecule is Cc1ccc2c(c1)-c1c(cc(C)c(C(=O)NC3(C(F)(F)F)CCCC3)c1O)OC2(C)C. The van der Waals surface area contributed by atoms with Gasteiger partial charge in [0.05, 0.1) is 11.1 Å². The van der Waals surface area contributed by atoms with Crippen LogP contribution in [0.2, 0.25) is 0 Å². The Labute approximate surface area is 179 Å². The van der Waals surface area contributed by atoms with Crippen molar-refractivity contribution < 1.29 is 27.8 Å². The number of carbonyl (C=O) groups excluding carboxylic acids is 1. The van der Waals surface area contributed by atoms with Crippen LogP contribution >= 0.6 is 0 Å². The summed E-state index contributed by atoms with van der Waals surface area (Å²) >= 11 is 0. The lowest BCUT2D eigenvalue weighted by Gasteiger charge is -2.36. The van der Waals surface area contributed by atoms with Crippen molar-refractivity contribution >= 4 is 5.91 Å². The molecule has 0 radical (unpaired) electrons. The number of aryl methyl sites for hydroxylation is 2. The fourth-order valence-corrected chi connectivity index (χ4v) is 4.85. The number of halogens is 3. The second-order valence-electron chi connectivity index (χ2n) is 9.19. The maximum absolute atomic E-state index is 13.8. The molecule has 1 aliphatic heterocycles. The molecule has 166 valence electrons. The first-order valence-corrected chi connectivity index (χ1v) is 10.4. The van der Waals surface area contributed by atoms with Gasteiger partial charge < -0.3 is 15.2 Å². The predicted octanol–water partition coefficient (Wildman–Crippen LogP) is 5.91. The van der Waals surface area contributed by atoms with Crippen molar-refractivity contribution in [2.45, 2.75) is 70.7 Å². The molecule has 0 aromatic heterocycles. The zero-order chi connectivity index (χ0) is 22.8. The fraction of sp³-hybridized carbons (Fsp3) is 0.458. The van der Waals surface area contributed by atoms with Crippen molar-refractivity contribution in [2.24, 2.45) is 0 Å². The number of aromatic hydroxyl groups is 1. The number of benzene rings is 2. The fourth-order valence-electron chi connectivity index (χ4n) is 4.85. The van der Waals surface area contributed by atoms with Crippen LogP contribution in [-0.4, -0.2) is 22.7 Å². The van der Waals surface area contributed by atoms with Crippen LogP contribution in [0.5, 0.6) is 11.5 Å². The van der Waals surface area contributed by atoms with Crippen LogP contribution in [0.15, 0.2) is 24.3 Å². The van der Waals surface area contributed by atoms with E-state index in [1.54, 1.807) is 13.0 Å². The smallest absolute Gasteiger partial charge is 0.411 e. The molecule has 0 unspecified atom stereocenters. The summed E-state index contributed by atoms with van der Waals surface area (Å²) in [4.78, 5) is 13.1. The molecule has 1 saturated carbocycles. The van der Waals surface area contributed by atoms with E-state index in [2.05, 4.69) is 5.32 Å². The summed E-state index contributed by atoms with van der Waals surface area (Å²) in [6.07, 6.45) is -4.10. The van der Waals surface area contributed by atoms with Gasteiger partial charge in [0.1, 0.15) is 22.6 Å². The zero-order valence-corrected chi connectivity index (χ0v) is 18.0. The van der Waals surface area contributed by atoms with Gasteiger partial charge in [-0.15, -0.1) is 0 Å². The number of nitrogens with one attached hydrogen (secondary N) is 1. The molecule has 2 aliphatic rings. The first-order valence-electron chi connectivity index (χ1n) is 10.4.